The topological polar surface area (TPSA) is 75.7 Å². The van der Waals surface area contributed by atoms with Crippen molar-refractivity contribution in [2.24, 2.45) is 0 Å². The van der Waals surface area contributed by atoms with E-state index in [1.54, 1.807) is 36.4 Å². The lowest BCUT2D eigenvalue weighted by molar-refractivity contribution is -0.120. The molecule has 1 N–H and O–H groups in total. The van der Waals surface area contributed by atoms with Gasteiger partial charge in [-0.15, -0.1) is 0 Å². The van der Waals surface area contributed by atoms with Gasteiger partial charge in [0.1, 0.15) is 10.7 Å². The van der Waals surface area contributed by atoms with Gasteiger partial charge < -0.3 is 10.1 Å². The standard InChI is InChI=1S/C23H23ClN2O4/c1-4-5-12-30-23(29)16-7-9-17(10-8-16)25-20-19(24)21(27)26(22(20)28)18-11-6-14(2)15(3)13-18/h6-11,13,25H,4-5,12H2,1-3H3. The molecular formula is C23H23ClN2O4. The SMILES string of the molecule is CCCCOC(=O)c1ccc(NC2=C(Cl)C(=O)N(c3ccc(C)c(C)c3)C2=O)cc1. The number of esters is 1. The van der Waals surface area contributed by atoms with Crippen molar-refractivity contribution in [3.63, 3.8) is 0 Å². The second-order valence-electron chi connectivity index (χ2n) is 7.10. The van der Waals surface area contributed by atoms with Gasteiger partial charge in [0.2, 0.25) is 0 Å². The van der Waals surface area contributed by atoms with E-state index in [0.717, 1.165) is 28.9 Å². The average molecular weight is 427 g/mol. The zero-order valence-electron chi connectivity index (χ0n) is 17.1. The number of nitrogens with zero attached hydrogens (tertiary/aromatic N) is 1. The molecule has 0 aliphatic carbocycles. The molecule has 0 spiro atoms. The first-order valence-corrected chi connectivity index (χ1v) is 10.1. The molecule has 1 aliphatic heterocycles. The minimum absolute atomic E-state index is 0.00170. The molecule has 0 saturated heterocycles. The lowest BCUT2D eigenvalue weighted by atomic mass is 10.1. The molecule has 156 valence electrons. The maximum Gasteiger partial charge on any atom is 0.338 e. The number of hydrogen-bond acceptors (Lipinski definition) is 5. The number of carbonyl (C=O) groups excluding carboxylic acids is 3. The molecule has 30 heavy (non-hydrogen) atoms. The maximum atomic E-state index is 12.9. The smallest absolute Gasteiger partial charge is 0.338 e. The van der Waals surface area contributed by atoms with Crippen LogP contribution in [-0.4, -0.2) is 24.4 Å². The third-order valence-electron chi connectivity index (χ3n) is 4.90. The average Bonchev–Trinajstić information content (AvgIpc) is 2.94. The number of imide groups is 1. The largest absolute Gasteiger partial charge is 0.462 e. The lowest BCUT2D eigenvalue weighted by Gasteiger charge is -2.16. The fourth-order valence-electron chi connectivity index (χ4n) is 2.94. The number of ether oxygens (including phenoxy) is 1. The molecule has 0 saturated carbocycles. The first-order valence-electron chi connectivity index (χ1n) is 9.73. The Kier molecular flexibility index (Phi) is 6.57. The number of halogens is 1. The van der Waals surface area contributed by atoms with Crippen LogP contribution in [0.15, 0.2) is 53.2 Å². The summed E-state index contributed by atoms with van der Waals surface area (Å²) < 4.78 is 5.18. The van der Waals surface area contributed by atoms with E-state index in [4.69, 9.17) is 16.3 Å². The third-order valence-corrected chi connectivity index (χ3v) is 5.25. The number of hydrogen-bond donors (Lipinski definition) is 1. The first kappa shape index (κ1) is 21.6. The third kappa shape index (κ3) is 4.39. The fraction of sp³-hybridized carbons (Fsp3) is 0.261. The summed E-state index contributed by atoms with van der Waals surface area (Å²) in [4.78, 5) is 38.5. The summed E-state index contributed by atoms with van der Waals surface area (Å²) in [5, 5.41) is 2.72. The fourth-order valence-corrected chi connectivity index (χ4v) is 3.15. The molecule has 0 atom stereocenters. The Morgan fingerprint density at radius 2 is 1.73 bits per heavy atom. The molecule has 2 aromatic carbocycles. The van der Waals surface area contributed by atoms with Crippen molar-refractivity contribution in [3.8, 4) is 0 Å². The second-order valence-corrected chi connectivity index (χ2v) is 7.47. The number of benzene rings is 2. The van der Waals surface area contributed by atoms with Crippen LogP contribution in [0.5, 0.6) is 0 Å². The molecular weight excluding hydrogens is 404 g/mol. The molecule has 1 aliphatic rings. The van der Waals surface area contributed by atoms with Crippen molar-refractivity contribution in [3.05, 3.63) is 69.9 Å². The highest BCUT2D eigenvalue weighted by atomic mass is 35.5. The van der Waals surface area contributed by atoms with Gasteiger partial charge in [0.15, 0.2) is 0 Å². The van der Waals surface area contributed by atoms with Gasteiger partial charge in [-0.05, 0) is 67.8 Å². The van der Waals surface area contributed by atoms with Crippen molar-refractivity contribution in [2.45, 2.75) is 33.6 Å². The van der Waals surface area contributed by atoms with Crippen LogP contribution in [0.3, 0.4) is 0 Å². The van der Waals surface area contributed by atoms with Gasteiger partial charge in [-0.25, -0.2) is 9.69 Å². The van der Waals surface area contributed by atoms with Gasteiger partial charge in [-0.2, -0.15) is 0 Å². The van der Waals surface area contributed by atoms with Crippen LogP contribution in [0.1, 0.15) is 41.3 Å². The van der Waals surface area contributed by atoms with Crippen molar-refractivity contribution in [1.82, 2.24) is 0 Å². The minimum Gasteiger partial charge on any atom is -0.462 e. The number of nitrogens with one attached hydrogen (secondary N) is 1. The Labute approximate surface area is 180 Å². The highest BCUT2D eigenvalue weighted by Crippen LogP contribution is 2.31. The van der Waals surface area contributed by atoms with E-state index in [0.29, 0.717) is 23.5 Å². The summed E-state index contributed by atoms with van der Waals surface area (Å²) in [7, 11) is 0. The zero-order chi connectivity index (χ0) is 21.8. The number of unbranched alkanes of at least 4 members (excludes halogenated alkanes) is 1. The van der Waals surface area contributed by atoms with Crippen LogP contribution < -0.4 is 10.2 Å². The predicted molar refractivity (Wildman–Crippen MR) is 117 cm³/mol. The molecule has 6 nitrogen and oxygen atoms in total. The summed E-state index contributed by atoms with van der Waals surface area (Å²) in [5.41, 5.74) is 3.42. The van der Waals surface area contributed by atoms with Crippen LogP contribution in [0.4, 0.5) is 11.4 Å². The van der Waals surface area contributed by atoms with Gasteiger partial charge in [0.25, 0.3) is 11.8 Å². The number of rotatable bonds is 7. The van der Waals surface area contributed by atoms with Crippen molar-refractivity contribution >= 4 is 40.8 Å². The van der Waals surface area contributed by atoms with E-state index in [-0.39, 0.29) is 10.7 Å². The molecule has 2 amide bonds. The molecule has 0 aromatic heterocycles. The molecule has 0 fully saturated rings. The van der Waals surface area contributed by atoms with Crippen molar-refractivity contribution in [2.75, 3.05) is 16.8 Å². The van der Waals surface area contributed by atoms with Crippen molar-refractivity contribution in [1.29, 1.82) is 0 Å². The molecule has 0 unspecified atom stereocenters. The highest BCUT2D eigenvalue weighted by molar-refractivity contribution is 6.53. The Hall–Kier alpha value is -3.12. The summed E-state index contributed by atoms with van der Waals surface area (Å²) in [6.07, 6.45) is 1.75. The number of anilines is 2. The van der Waals surface area contributed by atoms with Crippen LogP contribution in [0.2, 0.25) is 0 Å². The maximum absolute atomic E-state index is 12.9. The lowest BCUT2D eigenvalue weighted by Crippen LogP contribution is -2.32. The molecule has 0 radical (unpaired) electrons. The van der Waals surface area contributed by atoms with E-state index in [9.17, 15) is 14.4 Å². The quantitative estimate of drug-likeness (QED) is 0.394. The monoisotopic (exact) mass is 426 g/mol. The van der Waals surface area contributed by atoms with Gasteiger partial charge in [-0.3, -0.25) is 9.59 Å². The molecule has 3 rings (SSSR count). The summed E-state index contributed by atoms with van der Waals surface area (Å²) in [6.45, 7) is 6.26. The Morgan fingerprint density at radius 1 is 1.03 bits per heavy atom. The summed E-state index contributed by atoms with van der Waals surface area (Å²) >= 11 is 6.17. The summed E-state index contributed by atoms with van der Waals surface area (Å²) in [5.74, 6) is -1.51. The van der Waals surface area contributed by atoms with Crippen LogP contribution >= 0.6 is 11.6 Å². The Bertz CT molecular complexity index is 1030. The van der Waals surface area contributed by atoms with Crippen LogP contribution in [0, 0.1) is 13.8 Å². The number of carbonyl (C=O) groups is 3. The minimum atomic E-state index is -0.580. The second kappa shape index (κ2) is 9.13. The highest BCUT2D eigenvalue weighted by Gasteiger charge is 2.39. The van der Waals surface area contributed by atoms with Gasteiger partial charge in [-0.1, -0.05) is 31.0 Å². The Balaban J connectivity index is 1.74. The van der Waals surface area contributed by atoms with Gasteiger partial charge >= 0.3 is 5.97 Å². The molecule has 2 aromatic rings. The number of aryl methyl sites for hydroxylation is 2. The first-order chi connectivity index (χ1) is 14.3. The predicted octanol–water partition coefficient (Wildman–Crippen LogP) is 4.70. The van der Waals surface area contributed by atoms with Gasteiger partial charge in [0.05, 0.1) is 17.9 Å². The molecule has 1 heterocycles. The normalized spacial score (nSPS) is 13.8. The van der Waals surface area contributed by atoms with E-state index in [1.807, 2.05) is 26.8 Å². The van der Waals surface area contributed by atoms with E-state index >= 15 is 0 Å². The van der Waals surface area contributed by atoms with Crippen LogP contribution in [-0.2, 0) is 14.3 Å². The Morgan fingerprint density at radius 3 is 2.37 bits per heavy atom. The van der Waals surface area contributed by atoms with Crippen LogP contribution in [0.25, 0.3) is 0 Å². The van der Waals surface area contributed by atoms with Gasteiger partial charge in [0, 0.05) is 5.69 Å². The van der Waals surface area contributed by atoms with Crippen molar-refractivity contribution < 1.29 is 19.1 Å². The zero-order valence-corrected chi connectivity index (χ0v) is 17.9. The van der Waals surface area contributed by atoms with E-state index in [2.05, 4.69) is 5.32 Å². The molecule has 7 heteroatoms. The summed E-state index contributed by atoms with van der Waals surface area (Å²) in [6, 6.07) is 11.8. The van der Waals surface area contributed by atoms with E-state index < -0.39 is 17.8 Å². The number of amides is 2. The molecule has 0 bridgehead atoms. The van der Waals surface area contributed by atoms with E-state index in [1.165, 1.54) is 0 Å².